The van der Waals surface area contributed by atoms with Crippen LogP contribution in [0.5, 0.6) is 0 Å². The number of methoxy groups -OCH3 is 1. The molecule has 0 saturated carbocycles. The summed E-state index contributed by atoms with van der Waals surface area (Å²) in [6, 6.07) is 6.27. The zero-order chi connectivity index (χ0) is 11.3. The molecule has 0 aliphatic rings. The number of carbonyl (C=O) groups is 1. The third kappa shape index (κ3) is 4.06. The molecule has 0 aliphatic heterocycles. The van der Waals surface area contributed by atoms with Gasteiger partial charge in [-0.25, -0.2) is 0 Å². The first-order valence-corrected chi connectivity index (χ1v) is 5.82. The van der Waals surface area contributed by atoms with Crippen molar-refractivity contribution in [2.45, 2.75) is 18.7 Å². The van der Waals surface area contributed by atoms with E-state index in [-0.39, 0.29) is 12.4 Å². The number of aryl methyl sites for hydroxylation is 2. The number of carbonyl (C=O) groups excluding carboxylic acids is 1. The van der Waals surface area contributed by atoms with E-state index in [1.54, 1.807) is 18.9 Å². The molecule has 0 fully saturated rings. The minimum Gasteiger partial charge on any atom is -0.377 e. The summed E-state index contributed by atoms with van der Waals surface area (Å²) in [4.78, 5) is 12.4. The van der Waals surface area contributed by atoms with Gasteiger partial charge in [0, 0.05) is 12.0 Å². The molecule has 0 radical (unpaired) electrons. The topological polar surface area (TPSA) is 26.3 Å². The molecule has 82 valence electrons. The fourth-order valence-electron chi connectivity index (χ4n) is 1.22. The zero-order valence-corrected chi connectivity index (χ0v) is 10.2. The van der Waals surface area contributed by atoms with E-state index in [1.807, 2.05) is 0 Å². The first-order valence-electron chi connectivity index (χ1n) is 4.84. The van der Waals surface area contributed by atoms with Crippen molar-refractivity contribution in [1.29, 1.82) is 0 Å². The third-order valence-corrected chi connectivity index (χ3v) is 3.25. The van der Waals surface area contributed by atoms with Crippen molar-refractivity contribution in [2.75, 3.05) is 19.5 Å². The monoisotopic (exact) mass is 224 g/mol. The van der Waals surface area contributed by atoms with Crippen LogP contribution in [0, 0.1) is 13.8 Å². The SMILES string of the molecule is COCC(=O)CSc1cc(C)ccc1C. The summed E-state index contributed by atoms with van der Waals surface area (Å²) in [5, 5.41) is 0. The lowest BCUT2D eigenvalue weighted by molar-refractivity contribution is -0.120. The number of rotatable bonds is 5. The van der Waals surface area contributed by atoms with Gasteiger partial charge in [0.15, 0.2) is 5.78 Å². The van der Waals surface area contributed by atoms with E-state index in [2.05, 4.69) is 32.0 Å². The maximum Gasteiger partial charge on any atom is 0.168 e. The molecule has 0 aromatic heterocycles. The van der Waals surface area contributed by atoms with Crippen molar-refractivity contribution in [1.82, 2.24) is 0 Å². The van der Waals surface area contributed by atoms with Gasteiger partial charge in [0.25, 0.3) is 0 Å². The minimum atomic E-state index is 0.128. The Hall–Kier alpha value is -0.800. The van der Waals surface area contributed by atoms with Gasteiger partial charge >= 0.3 is 0 Å². The van der Waals surface area contributed by atoms with Gasteiger partial charge in [-0.05, 0) is 25.5 Å². The van der Waals surface area contributed by atoms with E-state index in [4.69, 9.17) is 4.74 Å². The summed E-state index contributed by atoms with van der Waals surface area (Å²) < 4.78 is 4.78. The standard InChI is InChI=1S/C12H16O2S/c1-9-4-5-10(2)12(6-9)15-8-11(13)7-14-3/h4-6H,7-8H2,1-3H3. The van der Waals surface area contributed by atoms with E-state index < -0.39 is 0 Å². The molecule has 0 bridgehead atoms. The zero-order valence-electron chi connectivity index (χ0n) is 9.37. The van der Waals surface area contributed by atoms with E-state index in [0.717, 1.165) is 0 Å². The molecule has 0 heterocycles. The van der Waals surface area contributed by atoms with Crippen LogP contribution in [0.3, 0.4) is 0 Å². The van der Waals surface area contributed by atoms with Crippen molar-refractivity contribution < 1.29 is 9.53 Å². The molecule has 0 unspecified atom stereocenters. The number of benzene rings is 1. The van der Waals surface area contributed by atoms with Gasteiger partial charge < -0.3 is 4.74 Å². The quantitative estimate of drug-likeness (QED) is 0.719. The molecule has 3 heteroatoms. The van der Waals surface area contributed by atoms with E-state index in [1.165, 1.54) is 16.0 Å². The number of thioether (sulfide) groups is 1. The molecule has 0 amide bonds. The molecule has 0 spiro atoms. The molecular weight excluding hydrogens is 208 g/mol. The van der Waals surface area contributed by atoms with Crippen LogP contribution < -0.4 is 0 Å². The Morgan fingerprint density at radius 3 is 2.80 bits per heavy atom. The molecule has 0 aliphatic carbocycles. The van der Waals surface area contributed by atoms with Crippen LogP contribution in [0.15, 0.2) is 23.1 Å². The number of ketones is 1. The predicted octanol–water partition coefficient (Wildman–Crippen LogP) is 2.61. The third-order valence-electron chi connectivity index (χ3n) is 2.04. The summed E-state index contributed by atoms with van der Waals surface area (Å²) in [6.45, 7) is 4.32. The Morgan fingerprint density at radius 1 is 1.40 bits per heavy atom. The highest BCUT2D eigenvalue weighted by atomic mass is 32.2. The molecule has 1 aromatic rings. The molecule has 15 heavy (non-hydrogen) atoms. The Balaban J connectivity index is 2.57. The fourth-order valence-corrected chi connectivity index (χ4v) is 2.19. The smallest absolute Gasteiger partial charge is 0.168 e. The number of hydrogen-bond donors (Lipinski definition) is 0. The Morgan fingerprint density at radius 2 is 2.13 bits per heavy atom. The average molecular weight is 224 g/mol. The Bertz CT molecular complexity index is 347. The van der Waals surface area contributed by atoms with Crippen molar-refractivity contribution in [3.05, 3.63) is 29.3 Å². The lowest BCUT2D eigenvalue weighted by atomic mass is 10.2. The van der Waals surface area contributed by atoms with Crippen molar-refractivity contribution >= 4 is 17.5 Å². The van der Waals surface area contributed by atoms with E-state index in [0.29, 0.717) is 5.75 Å². The molecule has 0 saturated heterocycles. The molecule has 0 atom stereocenters. The van der Waals surface area contributed by atoms with E-state index in [9.17, 15) is 4.79 Å². The van der Waals surface area contributed by atoms with Gasteiger partial charge in [-0.1, -0.05) is 17.7 Å². The van der Waals surface area contributed by atoms with Gasteiger partial charge in [0.05, 0.1) is 5.75 Å². The van der Waals surface area contributed by atoms with Crippen molar-refractivity contribution in [2.24, 2.45) is 0 Å². The Labute approximate surface area is 95.0 Å². The fraction of sp³-hybridized carbons (Fsp3) is 0.417. The highest BCUT2D eigenvalue weighted by Crippen LogP contribution is 2.23. The van der Waals surface area contributed by atoms with Gasteiger partial charge in [-0.2, -0.15) is 0 Å². The first-order chi connectivity index (χ1) is 7.13. The summed E-state index contributed by atoms with van der Waals surface area (Å²) in [5.74, 6) is 0.612. The Kier molecular flexibility index (Phi) is 4.85. The number of hydrogen-bond acceptors (Lipinski definition) is 3. The summed E-state index contributed by atoms with van der Waals surface area (Å²) in [7, 11) is 1.54. The van der Waals surface area contributed by atoms with Gasteiger partial charge in [0.2, 0.25) is 0 Å². The van der Waals surface area contributed by atoms with Crippen LogP contribution in [-0.2, 0) is 9.53 Å². The summed E-state index contributed by atoms with van der Waals surface area (Å²) >= 11 is 1.58. The van der Waals surface area contributed by atoms with Crippen LogP contribution in [0.1, 0.15) is 11.1 Å². The second-order valence-corrected chi connectivity index (χ2v) is 4.55. The van der Waals surface area contributed by atoms with Crippen LogP contribution in [0.25, 0.3) is 0 Å². The van der Waals surface area contributed by atoms with Crippen molar-refractivity contribution in [3.63, 3.8) is 0 Å². The molecule has 1 aromatic carbocycles. The average Bonchev–Trinajstić information content (AvgIpc) is 2.20. The highest BCUT2D eigenvalue weighted by Gasteiger charge is 2.04. The highest BCUT2D eigenvalue weighted by molar-refractivity contribution is 8.00. The predicted molar refractivity (Wildman–Crippen MR) is 63.5 cm³/mol. The second kappa shape index (κ2) is 5.93. The molecule has 2 nitrogen and oxygen atoms in total. The normalized spacial score (nSPS) is 10.3. The van der Waals surface area contributed by atoms with Crippen molar-refractivity contribution in [3.8, 4) is 0 Å². The minimum absolute atomic E-state index is 0.128. The van der Waals surface area contributed by atoms with Gasteiger partial charge in [-0.3, -0.25) is 4.79 Å². The van der Waals surface area contributed by atoms with Crippen LogP contribution >= 0.6 is 11.8 Å². The summed E-state index contributed by atoms with van der Waals surface area (Å²) in [5.41, 5.74) is 2.44. The van der Waals surface area contributed by atoms with Crippen LogP contribution in [0.4, 0.5) is 0 Å². The maximum absolute atomic E-state index is 11.3. The summed E-state index contributed by atoms with van der Waals surface area (Å²) in [6.07, 6.45) is 0. The van der Waals surface area contributed by atoms with Gasteiger partial charge in [0.1, 0.15) is 6.61 Å². The lowest BCUT2D eigenvalue weighted by Gasteiger charge is -2.05. The maximum atomic E-state index is 11.3. The molecular formula is C12H16O2S. The first kappa shape index (κ1) is 12.3. The second-order valence-electron chi connectivity index (χ2n) is 3.53. The van der Waals surface area contributed by atoms with Crippen LogP contribution in [-0.4, -0.2) is 25.3 Å². The largest absolute Gasteiger partial charge is 0.377 e. The molecule has 1 rings (SSSR count). The molecule has 0 N–H and O–H groups in total. The van der Waals surface area contributed by atoms with Gasteiger partial charge in [-0.15, -0.1) is 11.8 Å². The van der Waals surface area contributed by atoms with E-state index >= 15 is 0 Å². The number of Topliss-reactive ketones (excluding diaryl/α,β-unsaturated/α-hetero) is 1. The van der Waals surface area contributed by atoms with Crippen LogP contribution in [0.2, 0.25) is 0 Å². The lowest BCUT2D eigenvalue weighted by Crippen LogP contribution is -2.08. The number of ether oxygens (including phenoxy) is 1.